The standard InChI is InChI=1S/C17H15F2N3O2/c1-21-14-6-3-10(7-15(14)22(2)17(21)24)8-16(23)20-13-5-4-11(18)9-12(13)19/h3-7,9H,8H2,1-2H3,(H,20,23). The van der Waals surface area contributed by atoms with Crippen LogP contribution in [-0.4, -0.2) is 15.0 Å². The molecule has 0 unspecified atom stereocenters. The largest absolute Gasteiger partial charge is 0.328 e. The number of amides is 1. The monoisotopic (exact) mass is 331 g/mol. The number of rotatable bonds is 3. The summed E-state index contributed by atoms with van der Waals surface area (Å²) in [4.78, 5) is 24.0. The molecule has 0 atom stereocenters. The summed E-state index contributed by atoms with van der Waals surface area (Å²) in [5.41, 5.74) is 1.93. The molecule has 1 amide bonds. The third-order valence-corrected chi connectivity index (χ3v) is 3.91. The lowest BCUT2D eigenvalue weighted by Gasteiger charge is -2.07. The highest BCUT2D eigenvalue weighted by Crippen LogP contribution is 2.17. The highest BCUT2D eigenvalue weighted by atomic mass is 19.1. The van der Waals surface area contributed by atoms with Gasteiger partial charge in [-0.1, -0.05) is 6.07 Å². The Morgan fingerprint density at radius 3 is 2.46 bits per heavy atom. The summed E-state index contributed by atoms with van der Waals surface area (Å²) < 4.78 is 29.4. The van der Waals surface area contributed by atoms with Gasteiger partial charge in [-0.2, -0.15) is 0 Å². The van der Waals surface area contributed by atoms with Crippen molar-refractivity contribution in [1.82, 2.24) is 9.13 Å². The van der Waals surface area contributed by atoms with Gasteiger partial charge in [0.05, 0.1) is 23.1 Å². The summed E-state index contributed by atoms with van der Waals surface area (Å²) in [5, 5.41) is 2.41. The van der Waals surface area contributed by atoms with E-state index in [4.69, 9.17) is 0 Å². The van der Waals surface area contributed by atoms with Gasteiger partial charge in [-0.05, 0) is 29.8 Å². The van der Waals surface area contributed by atoms with E-state index in [1.807, 2.05) is 0 Å². The van der Waals surface area contributed by atoms with Crippen molar-refractivity contribution in [3.05, 3.63) is 64.1 Å². The summed E-state index contributed by atoms with van der Waals surface area (Å²) in [6.07, 6.45) is 0.00976. The smallest absolute Gasteiger partial charge is 0.323 e. The molecule has 2 aromatic carbocycles. The maximum Gasteiger partial charge on any atom is 0.328 e. The van der Waals surface area contributed by atoms with E-state index in [-0.39, 0.29) is 17.8 Å². The summed E-state index contributed by atoms with van der Waals surface area (Å²) in [6, 6.07) is 8.20. The molecule has 0 aliphatic carbocycles. The molecule has 0 aliphatic heterocycles. The number of carbonyl (C=O) groups is 1. The number of nitrogens with one attached hydrogen (secondary N) is 1. The first-order valence-electron chi connectivity index (χ1n) is 7.26. The van der Waals surface area contributed by atoms with E-state index in [2.05, 4.69) is 5.32 Å². The van der Waals surface area contributed by atoms with Gasteiger partial charge >= 0.3 is 5.69 Å². The van der Waals surface area contributed by atoms with Gasteiger partial charge in [0.15, 0.2) is 0 Å². The maximum atomic E-state index is 13.6. The van der Waals surface area contributed by atoms with Gasteiger partial charge in [-0.15, -0.1) is 0 Å². The number of aryl methyl sites for hydroxylation is 2. The quantitative estimate of drug-likeness (QED) is 0.801. The van der Waals surface area contributed by atoms with Crippen LogP contribution in [0.4, 0.5) is 14.5 Å². The van der Waals surface area contributed by atoms with Crippen molar-refractivity contribution in [1.29, 1.82) is 0 Å². The molecule has 3 rings (SSSR count). The van der Waals surface area contributed by atoms with Crippen molar-refractivity contribution in [3.63, 3.8) is 0 Å². The van der Waals surface area contributed by atoms with E-state index < -0.39 is 17.5 Å². The molecule has 5 nitrogen and oxygen atoms in total. The highest BCUT2D eigenvalue weighted by Gasteiger charge is 2.12. The lowest BCUT2D eigenvalue weighted by Crippen LogP contribution is -2.19. The Kier molecular flexibility index (Phi) is 3.92. The molecule has 1 N–H and O–H groups in total. The van der Waals surface area contributed by atoms with Crippen LogP contribution < -0.4 is 11.0 Å². The van der Waals surface area contributed by atoms with Gasteiger partial charge in [0.2, 0.25) is 5.91 Å². The van der Waals surface area contributed by atoms with Gasteiger partial charge in [0, 0.05) is 20.2 Å². The summed E-state index contributed by atoms with van der Waals surface area (Å²) >= 11 is 0. The first-order chi connectivity index (χ1) is 11.4. The van der Waals surface area contributed by atoms with Gasteiger partial charge in [0.25, 0.3) is 0 Å². The molecule has 1 heterocycles. The fraction of sp³-hybridized carbons (Fsp3) is 0.176. The second-order valence-corrected chi connectivity index (χ2v) is 5.57. The van der Waals surface area contributed by atoms with E-state index in [1.54, 1.807) is 32.3 Å². The third kappa shape index (κ3) is 2.80. The molecule has 124 valence electrons. The average molecular weight is 331 g/mol. The van der Waals surface area contributed by atoms with Crippen molar-refractivity contribution in [2.45, 2.75) is 6.42 Å². The number of anilines is 1. The van der Waals surface area contributed by atoms with Crippen LogP contribution in [-0.2, 0) is 25.3 Å². The van der Waals surface area contributed by atoms with Crippen LogP contribution in [0.5, 0.6) is 0 Å². The molecule has 3 aromatic rings. The molecule has 24 heavy (non-hydrogen) atoms. The number of hydrogen-bond acceptors (Lipinski definition) is 2. The molecule has 0 bridgehead atoms. The number of halogens is 2. The van der Waals surface area contributed by atoms with Crippen LogP contribution in [0.3, 0.4) is 0 Å². The van der Waals surface area contributed by atoms with Crippen LogP contribution in [0, 0.1) is 11.6 Å². The fourth-order valence-corrected chi connectivity index (χ4v) is 2.63. The van der Waals surface area contributed by atoms with Crippen LogP contribution in [0.25, 0.3) is 11.0 Å². The summed E-state index contributed by atoms with van der Waals surface area (Å²) in [7, 11) is 3.33. The van der Waals surface area contributed by atoms with E-state index in [0.717, 1.165) is 11.6 Å². The van der Waals surface area contributed by atoms with E-state index in [0.29, 0.717) is 17.1 Å². The topological polar surface area (TPSA) is 56.0 Å². The molecule has 0 fully saturated rings. The van der Waals surface area contributed by atoms with E-state index in [1.165, 1.54) is 15.2 Å². The van der Waals surface area contributed by atoms with Crippen molar-refractivity contribution >= 4 is 22.6 Å². The predicted molar refractivity (Wildman–Crippen MR) is 86.9 cm³/mol. The molecule has 1 aromatic heterocycles. The Bertz CT molecular complexity index is 1000. The van der Waals surface area contributed by atoms with Gasteiger partial charge < -0.3 is 5.32 Å². The number of benzene rings is 2. The Morgan fingerprint density at radius 2 is 1.75 bits per heavy atom. The lowest BCUT2D eigenvalue weighted by molar-refractivity contribution is -0.115. The van der Waals surface area contributed by atoms with Crippen LogP contribution >= 0.6 is 0 Å². The minimum Gasteiger partial charge on any atom is -0.323 e. The number of carbonyl (C=O) groups excluding carboxylic acids is 1. The number of imidazole rings is 1. The predicted octanol–water partition coefficient (Wildman–Crippen LogP) is 2.34. The number of aromatic nitrogens is 2. The molecular weight excluding hydrogens is 316 g/mol. The van der Waals surface area contributed by atoms with Crippen LogP contribution in [0.1, 0.15) is 5.56 Å². The molecule has 0 saturated carbocycles. The minimum absolute atomic E-state index is 0.00976. The highest BCUT2D eigenvalue weighted by molar-refractivity contribution is 5.93. The second-order valence-electron chi connectivity index (χ2n) is 5.57. The van der Waals surface area contributed by atoms with Crippen molar-refractivity contribution in [3.8, 4) is 0 Å². The normalized spacial score (nSPS) is 11.0. The number of hydrogen-bond donors (Lipinski definition) is 1. The fourth-order valence-electron chi connectivity index (χ4n) is 2.63. The van der Waals surface area contributed by atoms with E-state index >= 15 is 0 Å². The maximum absolute atomic E-state index is 13.6. The molecule has 0 radical (unpaired) electrons. The first kappa shape index (κ1) is 15.9. The van der Waals surface area contributed by atoms with Crippen molar-refractivity contribution < 1.29 is 13.6 Å². The first-order valence-corrected chi connectivity index (χ1v) is 7.26. The number of nitrogens with zero attached hydrogens (tertiary/aromatic N) is 2. The van der Waals surface area contributed by atoms with Crippen LogP contribution in [0.2, 0.25) is 0 Å². The van der Waals surface area contributed by atoms with Crippen LogP contribution in [0.15, 0.2) is 41.2 Å². The van der Waals surface area contributed by atoms with Gasteiger partial charge in [0.1, 0.15) is 11.6 Å². The Hall–Kier alpha value is -2.96. The zero-order valence-electron chi connectivity index (χ0n) is 13.1. The molecular formula is C17H15F2N3O2. The molecule has 0 aliphatic rings. The minimum atomic E-state index is -0.829. The Balaban J connectivity index is 1.83. The van der Waals surface area contributed by atoms with Gasteiger partial charge in [-0.25, -0.2) is 13.6 Å². The Morgan fingerprint density at radius 1 is 1.04 bits per heavy atom. The lowest BCUT2D eigenvalue weighted by atomic mass is 10.1. The second kappa shape index (κ2) is 5.92. The third-order valence-electron chi connectivity index (χ3n) is 3.91. The van der Waals surface area contributed by atoms with Crippen molar-refractivity contribution in [2.24, 2.45) is 14.1 Å². The zero-order valence-corrected chi connectivity index (χ0v) is 13.1. The summed E-state index contributed by atoms with van der Waals surface area (Å²) in [5.74, 6) is -1.97. The molecule has 0 spiro atoms. The van der Waals surface area contributed by atoms with Crippen molar-refractivity contribution in [2.75, 3.05) is 5.32 Å². The Labute approximate surface area is 136 Å². The molecule has 0 saturated heterocycles. The number of fused-ring (bicyclic) bond motifs is 1. The van der Waals surface area contributed by atoms with E-state index in [9.17, 15) is 18.4 Å². The SMILES string of the molecule is Cn1c(=O)n(C)c2cc(CC(=O)Nc3ccc(F)cc3F)ccc21. The molecule has 7 heteroatoms. The van der Waals surface area contributed by atoms with Gasteiger partial charge in [-0.3, -0.25) is 13.9 Å². The average Bonchev–Trinajstić information content (AvgIpc) is 2.75. The summed E-state index contributed by atoms with van der Waals surface area (Å²) in [6.45, 7) is 0. The zero-order chi connectivity index (χ0) is 17.4.